The first-order valence-electron chi connectivity index (χ1n) is 7.07. The number of benzene rings is 1. The van der Waals surface area contributed by atoms with Crippen LogP contribution in [0.25, 0.3) is 0 Å². The van der Waals surface area contributed by atoms with Crippen LogP contribution >= 0.6 is 0 Å². The second-order valence-corrected chi connectivity index (χ2v) is 6.10. The summed E-state index contributed by atoms with van der Waals surface area (Å²) in [7, 11) is 0. The lowest BCUT2D eigenvalue weighted by Crippen LogP contribution is -2.46. The van der Waals surface area contributed by atoms with Crippen molar-refractivity contribution in [1.29, 1.82) is 0 Å². The van der Waals surface area contributed by atoms with E-state index < -0.39 is 0 Å². The molecule has 1 aliphatic carbocycles. The van der Waals surface area contributed by atoms with Gasteiger partial charge in [-0.05, 0) is 54.7 Å². The lowest BCUT2D eigenvalue weighted by atomic mass is 9.69. The molecular formula is C16H23N. The highest BCUT2D eigenvalue weighted by Crippen LogP contribution is 2.41. The zero-order valence-corrected chi connectivity index (χ0v) is 10.9. The number of piperidine rings is 1. The van der Waals surface area contributed by atoms with Crippen molar-refractivity contribution in [3.8, 4) is 0 Å². The second kappa shape index (κ2) is 4.45. The summed E-state index contributed by atoms with van der Waals surface area (Å²) in [6.07, 6.45) is 3.99. The van der Waals surface area contributed by atoms with E-state index in [4.69, 9.17) is 0 Å². The van der Waals surface area contributed by atoms with Crippen LogP contribution in [0, 0.1) is 11.8 Å². The fraction of sp³-hybridized carbons (Fsp3) is 0.625. The fourth-order valence-electron chi connectivity index (χ4n) is 3.65. The average Bonchev–Trinajstić information content (AvgIpc) is 2.38. The van der Waals surface area contributed by atoms with Gasteiger partial charge in [-0.15, -0.1) is 0 Å². The molecule has 0 aromatic heterocycles. The van der Waals surface area contributed by atoms with Gasteiger partial charge in [-0.2, -0.15) is 0 Å². The van der Waals surface area contributed by atoms with Crippen LogP contribution < -0.4 is 5.32 Å². The highest BCUT2D eigenvalue weighted by atomic mass is 14.9. The summed E-state index contributed by atoms with van der Waals surface area (Å²) in [5.41, 5.74) is 3.26. The van der Waals surface area contributed by atoms with Gasteiger partial charge in [-0.25, -0.2) is 0 Å². The molecule has 3 atom stereocenters. The third-order valence-electron chi connectivity index (χ3n) is 4.76. The first-order valence-corrected chi connectivity index (χ1v) is 7.07. The SMILES string of the molecule is CC(C)[C@@H]1C[C@@H]2c3ccccc3CC[C@H]2CN1. The molecule has 1 aromatic rings. The van der Waals surface area contributed by atoms with Gasteiger partial charge in [0, 0.05) is 6.04 Å². The van der Waals surface area contributed by atoms with E-state index in [1.807, 2.05) is 0 Å². The lowest BCUT2D eigenvalue weighted by Gasteiger charge is -2.42. The quantitative estimate of drug-likeness (QED) is 0.778. The number of aryl methyl sites for hydroxylation is 1. The minimum Gasteiger partial charge on any atom is -0.313 e. The molecule has 0 bridgehead atoms. The van der Waals surface area contributed by atoms with Crippen molar-refractivity contribution >= 4 is 0 Å². The van der Waals surface area contributed by atoms with E-state index in [1.165, 1.54) is 25.8 Å². The number of fused-ring (bicyclic) bond motifs is 3. The maximum atomic E-state index is 3.75. The van der Waals surface area contributed by atoms with Gasteiger partial charge >= 0.3 is 0 Å². The predicted octanol–water partition coefficient (Wildman–Crippen LogP) is 3.35. The largest absolute Gasteiger partial charge is 0.313 e. The van der Waals surface area contributed by atoms with E-state index in [0.29, 0.717) is 6.04 Å². The summed E-state index contributed by atoms with van der Waals surface area (Å²) in [4.78, 5) is 0. The molecule has 1 aliphatic heterocycles. The van der Waals surface area contributed by atoms with Crippen molar-refractivity contribution in [2.45, 2.75) is 45.1 Å². The van der Waals surface area contributed by atoms with Crippen molar-refractivity contribution in [2.24, 2.45) is 11.8 Å². The van der Waals surface area contributed by atoms with Crippen molar-refractivity contribution in [3.63, 3.8) is 0 Å². The Balaban J connectivity index is 1.88. The summed E-state index contributed by atoms with van der Waals surface area (Å²) < 4.78 is 0. The van der Waals surface area contributed by atoms with Crippen LogP contribution in [0.5, 0.6) is 0 Å². The van der Waals surface area contributed by atoms with Gasteiger partial charge in [-0.1, -0.05) is 38.1 Å². The summed E-state index contributed by atoms with van der Waals surface area (Å²) in [5.74, 6) is 2.44. The molecule has 1 saturated heterocycles. The molecule has 1 aromatic carbocycles. The van der Waals surface area contributed by atoms with E-state index in [1.54, 1.807) is 11.1 Å². The summed E-state index contributed by atoms with van der Waals surface area (Å²) in [6, 6.07) is 9.82. The molecule has 0 radical (unpaired) electrons. The van der Waals surface area contributed by atoms with Gasteiger partial charge in [0.05, 0.1) is 0 Å². The van der Waals surface area contributed by atoms with Crippen molar-refractivity contribution in [2.75, 3.05) is 6.54 Å². The molecule has 1 fully saturated rings. The van der Waals surface area contributed by atoms with Crippen LogP contribution in [0.4, 0.5) is 0 Å². The van der Waals surface area contributed by atoms with E-state index in [0.717, 1.165) is 17.8 Å². The molecule has 2 aliphatic rings. The number of hydrogen-bond donors (Lipinski definition) is 1. The molecular weight excluding hydrogens is 206 g/mol. The third kappa shape index (κ3) is 2.01. The van der Waals surface area contributed by atoms with E-state index >= 15 is 0 Å². The van der Waals surface area contributed by atoms with Gasteiger partial charge < -0.3 is 5.32 Å². The van der Waals surface area contributed by atoms with E-state index in [9.17, 15) is 0 Å². The normalized spacial score (nSPS) is 32.1. The smallest absolute Gasteiger partial charge is 0.00961 e. The monoisotopic (exact) mass is 229 g/mol. The van der Waals surface area contributed by atoms with Crippen molar-refractivity contribution < 1.29 is 0 Å². The topological polar surface area (TPSA) is 12.0 Å². The maximum Gasteiger partial charge on any atom is 0.00961 e. The Morgan fingerprint density at radius 1 is 1.24 bits per heavy atom. The number of nitrogens with one attached hydrogen (secondary N) is 1. The highest BCUT2D eigenvalue weighted by molar-refractivity contribution is 5.34. The van der Waals surface area contributed by atoms with Crippen LogP contribution in [0.3, 0.4) is 0 Å². The lowest BCUT2D eigenvalue weighted by molar-refractivity contribution is 0.214. The zero-order chi connectivity index (χ0) is 11.8. The van der Waals surface area contributed by atoms with Crippen molar-refractivity contribution in [3.05, 3.63) is 35.4 Å². The minimum atomic E-state index is 0.711. The van der Waals surface area contributed by atoms with Crippen LogP contribution in [0.1, 0.15) is 43.7 Å². The maximum absolute atomic E-state index is 3.75. The van der Waals surface area contributed by atoms with Crippen molar-refractivity contribution in [1.82, 2.24) is 5.32 Å². The fourth-order valence-corrected chi connectivity index (χ4v) is 3.65. The Hall–Kier alpha value is -0.820. The Kier molecular flexibility index (Phi) is 2.96. The van der Waals surface area contributed by atoms with Gasteiger partial charge in [0.2, 0.25) is 0 Å². The molecule has 1 nitrogen and oxygen atoms in total. The van der Waals surface area contributed by atoms with Gasteiger partial charge in [-0.3, -0.25) is 0 Å². The first kappa shape index (κ1) is 11.3. The summed E-state index contributed by atoms with van der Waals surface area (Å²) in [6.45, 7) is 5.90. The van der Waals surface area contributed by atoms with Crippen LogP contribution in [-0.2, 0) is 6.42 Å². The zero-order valence-electron chi connectivity index (χ0n) is 10.9. The average molecular weight is 229 g/mol. The molecule has 0 unspecified atom stereocenters. The Morgan fingerprint density at radius 2 is 2.06 bits per heavy atom. The Labute approximate surface area is 105 Å². The molecule has 1 heterocycles. The molecule has 0 spiro atoms. The number of hydrogen-bond acceptors (Lipinski definition) is 1. The standard InChI is InChI=1S/C16H23N/c1-11(2)16-9-15-13(10-17-16)8-7-12-5-3-4-6-14(12)15/h3-6,11,13,15-17H,7-10H2,1-2H3/t13-,15-,16-/m0/s1. The molecule has 0 saturated carbocycles. The summed E-state index contributed by atoms with van der Waals surface area (Å²) >= 11 is 0. The van der Waals surface area contributed by atoms with E-state index in [-0.39, 0.29) is 0 Å². The second-order valence-electron chi connectivity index (χ2n) is 6.10. The Morgan fingerprint density at radius 3 is 2.88 bits per heavy atom. The van der Waals surface area contributed by atoms with Crippen LogP contribution in [-0.4, -0.2) is 12.6 Å². The molecule has 0 amide bonds. The molecule has 17 heavy (non-hydrogen) atoms. The highest BCUT2D eigenvalue weighted by Gasteiger charge is 2.35. The minimum absolute atomic E-state index is 0.711. The van der Waals surface area contributed by atoms with E-state index in [2.05, 4.69) is 43.4 Å². The van der Waals surface area contributed by atoms with Crippen LogP contribution in [0.15, 0.2) is 24.3 Å². The van der Waals surface area contributed by atoms with Gasteiger partial charge in [0.1, 0.15) is 0 Å². The van der Waals surface area contributed by atoms with Gasteiger partial charge in [0.25, 0.3) is 0 Å². The molecule has 92 valence electrons. The Bertz CT molecular complexity index is 396. The molecule has 1 N–H and O–H groups in total. The molecule has 3 rings (SSSR count). The number of rotatable bonds is 1. The van der Waals surface area contributed by atoms with Gasteiger partial charge in [0.15, 0.2) is 0 Å². The summed E-state index contributed by atoms with van der Waals surface area (Å²) in [5, 5.41) is 3.75. The van der Waals surface area contributed by atoms with Crippen LogP contribution in [0.2, 0.25) is 0 Å². The molecule has 1 heteroatoms. The first-order chi connectivity index (χ1) is 8.25. The third-order valence-corrected chi connectivity index (χ3v) is 4.76. The predicted molar refractivity (Wildman–Crippen MR) is 72.2 cm³/mol.